The van der Waals surface area contributed by atoms with Crippen LogP contribution in [0.15, 0.2) is 24.3 Å². The second-order valence-electron chi connectivity index (χ2n) is 4.83. The summed E-state index contributed by atoms with van der Waals surface area (Å²) in [5.41, 5.74) is 0.983. The molecule has 0 saturated heterocycles. The van der Waals surface area contributed by atoms with E-state index in [-0.39, 0.29) is 0 Å². The molecule has 1 aromatic carbocycles. The first-order valence-electron chi connectivity index (χ1n) is 6.89. The molecule has 2 rings (SSSR count). The molecule has 0 spiro atoms. The van der Waals surface area contributed by atoms with Crippen molar-refractivity contribution >= 4 is 34.4 Å². The average molecular weight is 290 g/mol. The van der Waals surface area contributed by atoms with Gasteiger partial charge in [-0.1, -0.05) is 12.1 Å². The van der Waals surface area contributed by atoms with Gasteiger partial charge in [0.25, 0.3) is 0 Å². The number of hydrogen-bond acceptors (Lipinski definition) is 5. The third kappa shape index (κ3) is 3.15. The Hall–Kier alpha value is -1.49. The summed E-state index contributed by atoms with van der Waals surface area (Å²) < 4.78 is 0. The number of benzene rings is 1. The highest BCUT2D eigenvalue weighted by Crippen LogP contribution is 2.26. The molecule has 1 heterocycles. The van der Waals surface area contributed by atoms with Crippen LogP contribution in [0.3, 0.4) is 0 Å². The second-order valence-corrected chi connectivity index (χ2v) is 5.74. The van der Waals surface area contributed by atoms with Crippen molar-refractivity contribution in [2.45, 2.75) is 19.9 Å². The molecular weight excluding hydrogens is 268 g/mol. The van der Waals surface area contributed by atoms with Crippen LogP contribution in [0.1, 0.15) is 13.8 Å². The second kappa shape index (κ2) is 6.79. The van der Waals surface area contributed by atoms with E-state index in [0.29, 0.717) is 12.0 Å². The molecule has 2 aromatic rings. The van der Waals surface area contributed by atoms with Gasteiger partial charge in [-0.15, -0.1) is 0 Å². The molecule has 4 nitrogen and oxygen atoms in total. The molecule has 1 unspecified atom stereocenters. The molecule has 1 N–H and O–H groups in total. The fourth-order valence-corrected chi connectivity index (χ4v) is 2.83. The Morgan fingerprint density at radius 2 is 2.05 bits per heavy atom. The molecule has 5 heteroatoms. The minimum atomic E-state index is 0.429. The van der Waals surface area contributed by atoms with Gasteiger partial charge in [-0.2, -0.15) is 16.7 Å². The van der Waals surface area contributed by atoms with E-state index in [0.717, 1.165) is 29.0 Å². The monoisotopic (exact) mass is 290 g/mol. The summed E-state index contributed by atoms with van der Waals surface area (Å²) in [5, 5.41) is 4.31. The lowest BCUT2D eigenvalue weighted by atomic mass is 10.2. The van der Waals surface area contributed by atoms with Crippen LogP contribution >= 0.6 is 11.8 Å². The number of para-hydroxylation sites is 1. The van der Waals surface area contributed by atoms with Crippen molar-refractivity contribution in [1.29, 1.82) is 0 Å². The summed E-state index contributed by atoms with van der Waals surface area (Å²) >= 11 is 1.85. The van der Waals surface area contributed by atoms with Crippen molar-refractivity contribution < 1.29 is 0 Å². The van der Waals surface area contributed by atoms with Gasteiger partial charge >= 0.3 is 0 Å². The summed E-state index contributed by atoms with van der Waals surface area (Å²) in [6, 6.07) is 8.60. The Bertz CT molecular complexity index is 573. The molecule has 0 aliphatic rings. The highest BCUT2D eigenvalue weighted by Gasteiger charge is 2.15. The Balaban J connectivity index is 2.48. The van der Waals surface area contributed by atoms with Gasteiger partial charge in [0.1, 0.15) is 5.82 Å². The Labute approximate surface area is 125 Å². The first-order chi connectivity index (χ1) is 9.67. The first-order valence-corrected chi connectivity index (χ1v) is 8.29. The molecular formula is C15H22N4S. The van der Waals surface area contributed by atoms with E-state index in [1.54, 1.807) is 0 Å². The Morgan fingerprint density at radius 1 is 1.30 bits per heavy atom. The molecule has 20 heavy (non-hydrogen) atoms. The molecule has 0 saturated carbocycles. The van der Waals surface area contributed by atoms with E-state index in [4.69, 9.17) is 0 Å². The number of nitrogens with zero attached hydrogens (tertiary/aromatic N) is 3. The van der Waals surface area contributed by atoms with E-state index in [1.807, 2.05) is 30.0 Å². The third-order valence-electron chi connectivity index (χ3n) is 3.32. The maximum Gasteiger partial charge on any atom is 0.225 e. The number of anilines is 2. The average Bonchev–Trinajstić information content (AvgIpc) is 2.46. The van der Waals surface area contributed by atoms with Crippen molar-refractivity contribution in [3.05, 3.63) is 24.3 Å². The zero-order valence-corrected chi connectivity index (χ0v) is 13.4. The van der Waals surface area contributed by atoms with E-state index >= 15 is 0 Å². The van der Waals surface area contributed by atoms with Gasteiger partial charge < -0.3 is 10.2 Å². The third-order valence-corrected chi connectivity index (χ3v) is 4.14. The minimum Gasteiger partial charge on any atom is -0.355 e. The maximum atomic E-state index is 4.69. The summed E-state index contributed by atoms with van der Waals surface area (Å²) in [6.07, 6.45) is 2.13. The highest BCUT2D eigenvalue weighted by molar-refractivity contribution is 7.98. The molecule has 108 valence electrons. The van der Waals surface area contributed by atoms with Crippen molar-refractivity contribution in [3.8, 4) is 0 Å². The maximum absolute atomic E-state index is 4.69. The van der Waals surface area contributed by atoms with Crippen molar-refractivity contribution in [1.82, 2.24) is 9.97 Å². The lowest BCUT2D eigenvalue weighted by molar-refractivity contribution is 0.756. The van der Waals surface area contributed by atoms with Gasteiger partial charge in [0.05, 0.1) is 5.52 Å². The zero-order chi connectivity index (χ0) is 14.5. The normalized spacial score (nSPS) is 12.4. The van der Waals surface area contributed by atoms with E-state index in [2.05, 4.69) is 53.4 Å². The van der Waals surface area contributed by atoms with Crippen molar-refractivity contribution in [2.24, 2.45) is 0 Å². The van der Waals surface area contributed by atoms with Gasteiger partial charge in [0.2, 0.25) is 5.95 Å². The molecule has 0 bridgehead atoms. The fourth-order valence-electron chi connectivity index (χ4n) is 2.13. The summed E-state index contributed by atoms with van der Waals surface area (Å²) in [6.45, 7) is 5.10. The predicted octanol–water partition coefficient (Wildman–Crippen LogP) is 3.25. The number of aromatic nitrogens is 2. The summed E-state index contributed by atoms with van der Waals surface area (Å²) in [4.78, 5) is 11.5. The van der Waals surface area contributed by atoms with Gasteiger partial charge in [-0.05, 0) is 32.2 Å². The van der Waals surface area contributed by atoms with Gasteiger partial charge in [0, 0.05) is 30.8 Å². The number of rotatable bonds is 6. The predicted molar refractivity (Wildman–Crippen MR) is 89.9 cm³/mol. The highest BCUT2D eigenvalue weighted by atomic mass is 32.2. The SMILES string of the molecule is CCNc1nc(N(C)C(C)CSC)c2ccccc2n1. The largest absolute Gasteiger partial charge is 0.355 e. The van der Waals surface area contributed by atoms with Crippen molar-refractivity contribution in [2.75, 3.05) is 35.8 Å². The smallest absolute Gasteiger partial charge is 0.225 e. The van der Waals surface area contributed by atoms with Gasteiger partial charge in [0.15, 0.2) is 0 Å². The molecule has 0 fully saturated rings. The topological polar surface area (TPSA) is 41.1 Å². The molecule has 0 amide bonds. The standard InChI is InChI=1S/C15H22N4S/c1-5-16-15-17-13-9-7-6-8-12(13)14(18-15)19(3)11(2)10-20-4/h6-9,11H,5,10H2,1-4H3,(H,16,17,18). The van der Waals surface area contributed by atoms with E-state index in [9.17, 15) is 0 Å². The van der Waals surface area contributed by atoms with Crippen LogP contribution in [0.2, 0.25) is 0 Å². The molecule has 1 atom stereocenters. The summed E-state index contributed by atoms with van der Waals surface area (Å²) in [5.74, 6) is 2.77. The van der Waals surface area contributed by atoms with E-state index in [1.165, 1.54) is 0 Å². The number of nitrogens with one attached hydrogen (secondary N) is 1. The quantitative estimate of drug-likeness (QED) is 0.884. The number of thioether (sulfide) groups is 1. The van der Waals surface area contributed by atoms with Crippen LogP contribution in [0.25, 0.3) is 10.9 Å². The molecule has 0 aliphatic carbocycles. The Morgan fingerprint density at radius 3 is 2.75 bits per heavy atom. The lowest BCUT2D eigenvalue weighted by Gasteiger charge is -2.26. The van der Waals surface area contributed by atoms with Crippen LogP contribution in [0.5, 0.6) is 0 Å². The zero-order valence-electron chi connectivity index (χ0n) is 12.6. The lowest BCUT2D eigenvalue weighted by Crippen LogP contribution is -2.32. The fraction of sp³-hybridized carbons (Fsp3) is 0.467. The van der Waals surface area contributed by atoms with Gasteiger partial charge in [-0.25, -0.2) is 4.98 Å². The number of fused-ring (bicyclic) bond motifs is 1. The van der Waals surface area contributed by atoms with Crippen LogP contribution in [0, 0.1) is 0 Å². The molecule has 0 radical (unpaired) electrons. The minimum absolute atomic E-state index is 0.429. The van der Waals surface area contributed by atoms with Gasteiger partial charge in [-0.3, -0.25) is 0 Å². The van der Waals surface area contributed by atoms with Crippen LogP contribution < -0.4 is 10.2 Å². The van der Waals surface area contributed by atoms with Crippen LogP contribution in [0.4, 0.5) is 11.8 Å². The summed E-state index contributed by atoms with van der Waals surface area (Å²) in [7, 11) is 2.10. The van der Waals surface area contributed by atoms with Crippen LogP contribution in [-0.2, 0) is 0 Å². The van der Waals surface area contributed by atoms with E-state index < -0.39 is 0 Å². The Kier molecular flexibility index (Phi) is 5.06. The molecule has 1 aromatic heterocycles. The van der Waals surface area contributed by atoms with Crippen LogP contribution in [-0.4, -0.2) is 41.6 Å². The first kappa shape index (κ1) is 14.9. The number of hydrogen-bond donors (Lipinski definition) is 1. The van der Waals surface area contributed by atoms with Crippen molar-refractivity contribution in [3.63, 3.8) is 0 Å². The molecule has 0 aliphatic heterocycles.